The molecule has 0 unspecified atom stereocenters. The number of carbonyl (C=O) groups is 1. The zero-order valence-corrected chi connectivity index (χ0v) is 15.9. The topological polar surface area (TPSA) is 47.6 Å². The van der Waals surface area contributed by atoms with E-state index >= 15 is 0 Å². The molecule has 0 saturated heterocycles. The molecule has 4 aliphatic rings. The highest BCUT2D eigenvalue weighted by molar-refractivity contribution is 5.85. The van der Waals surface area contributed by atoms with Gasteiger partial charge in [-0.2, -0.15) is 0 Å². The average Bonchev–Trinajstić information content (AvgIpc) is 2.64. The Morgan fingerprint density at radius 3 is 2.19 bits per heavy atom. The van der Waals surface area contributed by atoms with Crippen LogP contribution in [0.1, 0.15) is 38.5 Å². The van der Waals surface area contributed by atoms with E-state index in [0.717, 1.165) is 40.0 Å². The molecule has 0 atom stereocenters. The van der Waals surface area contributed by atoms with E-state index < -0.39 is 0 Å². The van der Waals surface area contributed by atoms with E-state index in [2.05, 4.69) is 5.32 Å². The lowest BCUT2D eigenvalue weighted by Crippen LogP contribution is -2.60. The van der Waals surface area contributed by atoms with Crippen molar-refractivity contribution in [2.45, 2.75) is 44.1 Å². The summed E-state index contributed by atoms with van der Waals surface area (Å²) in [6.07, 6.45) is 7.64. The summed E-state index contributed by atoms with van der Waals surface area (Å²) in [4.78, 5) is 12.6. The van der Waals surface area contributed by atoms with Crippen LogP contribution in [0.2, 0.25) is 0 Å². The summed E-state index contributed by atoms with van der Waals surface area (Å²) >= 11 is 0. The number of fused-ring (bicyclic) bond motifs is 1. The van der Waals surface area contributed by atoms with E-state index in [-0.39, 0.29) is 18.1 Å². The Balaban J connectivity index is 1.24. The Labute approximate surface area is 160 Å². The molecule has 4 saturated carbocycles. The van der Waals surface area contributed by atoms with Crippen LogP contribution in [0.3, 0.4) is 0 Å². The van der Waals surface area contributed by atoms with Gasteiger partial charge in [0.25, 0.3) is 5.91 Å². The summed E-state index contributed by atoms with van der Waals surface area (Å²) in [5, 5.41) is 5.54. The van der Waals surface area contributed by atoms with Crippen LogP contribution in [-0.2, 0) is 4.79 Å². The van der Waals surface area contributed by atoms with Gasteiger partial charge < -0.3 is 14.8 Å². The number of rotatable bonds is 5. The van der Waals surface area contributed by atoms with Crippen molar-refractivity contribution in [1.29, 1.82) is 0 Å². The molecule has 2 aromatic rings. The van der Waals surface area contributed by atoms with E-state index in [9.17, 15) is 4.79 Å². The second-order valence-corrected chi connectivity index (χ2v) is 8.91. The van der Waals surface area contributed by atoms with Gasteiger partial charge in [-0.15, -0.1) is 0 Å². The van der Waals surface area contributed by atoms with Crippen LogP contribution in [-0.4, -0.2) is 25.2 Å². The molecule has 0 radical (unpaired) electrons. The minimum atomic E-state index is 0.0164. The molecule has 0 aromatic heterocycles. The third-order valence-corrected chi connectivity index (χ3v) is 6.83. The van der Waals surface area contributed by atoms with Gasteiger partial charge in [-0.3, -0.25) is 4.79 Å². The largest absolute Gasteiger partial charge is 0.497 e. The third-order valence-electron chi connectivity index (χ3n) is 6.83. The molecule has 4 nitrogen and oxygen atoms in total. The summed E-state index contributed by atoms with van der Waals surface area (Å²) < 4.78 is 11.1. The van der Waals surface area contributed by atoms with Gasteiger partial charge in [0.2, 0.25) is 0 Å². The van der Waals surface area contributed by atoms with Gasteiger partial charge >= 0.3 is 0 Å². The molecule has 142 valence electrons. The molecular weight excluding hydrogens is 338 g/mol. The molecule has 2 aromatic carbocycles. The molecule has 4 fully saturated rings. The van der Waals surface area contributed by atoms with Gasteiger partial charge in [-0.25, -0.2) is 0 Å². The number of methoxy groups -OCH3 is 1. The highest BCUT2D eigenvalue weighted by Crippen LogP contribution is 2.55. The van der Waals surface area contributed by atoms with Gasteiger partial charge in [0, 0.05) is 5.54 Å². The lowest BCUT2D eigenvalue weighted by Gasteiger charge is -2.56. The fraction of sp³-hybridized carbons (Fsp3) is 0.522. The van der Waals surface area contributed by atoms with Crippen LogP contribution >= 0.6 is 0 Å². The van der Waals surface area contributed by atoms with E-state index in [1.54, 1.807) is 7.11 Å². The number of ether oxygens (including phenoxy) is 2. The minimum Gasteiger partial charge on any atom is -0.497 e. The highest BCUT2D eigenvalue weighted by atomic mass is 16.5. The Morgan fingerprint density at radius 2 is 1.56 bits per heavy atom. The van der Waals surface area contributed by atoms with Crippen molar-refractivity contribution in [2.24, 2.45) is 17.8 Å². The Morgan fingerprint density at radius 1 is 0.963 bits per heavy atom. The minimum absolute atomic E-state index is 0.0164. The molecule has 0 aliphatic heterocycles. The first-order chi connectivity index (χ1) is 13.1. The first-order valence-electron chi connectivity index (χ1n) is 10.1. The van der Waals surface area contributed by atoms with Crippen LogP contribution in [0, 0.1) is 17.8 Å². The fourth-order valence-corrected chi connectivity index (χ4v) is 6.16. The van der Waals surface area contributed by atoms with E-state index in [0.29, 0.717) is 0 Å². The predicted octanol–water partition coefficient (Wildman–Crippen LogP) is 4.31. The average molecular weight is 365 g/mol. The molecule has 4 aliphatic carbocycles. The third kappa shape index (κ3) is 3.26. The molecule has 0 spiro atoms. The highest BCUT2D eigenvalue weighted by Gasteiger charge is 2.51. The Bertz CT molecular complexity index is 840. The second-order valence-electron chi connectivity index (χ2n) is 8.91. The smallest absolute Gasteiger partial charge is 0.258 e. The molecule has 27 heavy (non-hydrogen) atoms. The Hall–Kier alpha value is -2.23. The van der Waals surface area contributed by atoms with E-state index in [4.69, 9.17) is 9.47 Å². The maximum Gasteiger partial charge on any atom is 0.258 e. The number of hydrogen-bond donors (Lipinski definition) is 1. The monoisotopic (exact) mass is 365 g/mol. The molecule has 1 amide bonds. The standard InChI is InChI=1S/C23H27NO3/c1-26-20-4-2-18-3-5-21(10-19(18)9-20)27-14-22(25)24-23-11-15-6-16(12-23)8-17(7-15)13-23/h2-5,9-10,15-17H,6-8,11-14H2,1H3,(H,24,25). The van der Waals surface area contributed by atoms with Gasteiger partial charge in [0.15, 0.2) is 6.61 Å². The van der Waals surface area contributed by atoms with Crippen molar-refractivity contribution in [3.63, 3.8) is 0 Å². The van der Waals surface area contributed by atoms with Gasteiger partial charge in [0.1, 0.15) is 11.5 Å². The van der Waals surface area contributed by atoms with Crippen LogP contribution in [0.4, 0.5) is 0 Å². The molecule has 6 rings (SSSR count). The maximum absolute atomic E-state index is 12.6. The Kier molecular flexibility index (Phi) is 4.03. The van der Waals surface area contributed by atoms with E-state index in [1.807, 2.05) is 36.4 Å². The number of benzene rings is 2. The van der Waals surface area contributed by atoms with E-state index in [1.165, 1.54) is 38.5 Å². The normalized spacial score (nSPS) is 31.1. The number of nitrogens with one attached hydrogen (secondary N) is 1. The van der Waals surface area contributed by atoms with Crippen molar-refractivity contribution in [2.75, 3.05) is 13.7 Å². The fourth-order valence-electron chi connectivity index (χ4n) is 6.16. The summed E-state index contributed by atoms with van der Waals surface area (Å²) in [7, 11) is 1.66. The number of amides is 1. The maximum atomic E-state index is 12.6. The SMILES string of the molecule is COc1ccc2ccc(OCC(=O)NC34CC5CC(CC(C5)C3)C4)cc2c1. The van der Waals surface area contributed by atoms with Crippen molar-refractivity contribution < 1.29 is 14.3 Å². The van der Waals surface area contributed by atoms with Crippen LogP contribution < -0.4 is 14.8 Å². The van der Waals surface area contributed by atoms with Crippen LogP contribution in [0.15, 0.2) is 36.4 Å². The first kappa shape index (κ1) is 16.9. The number of carbonyl (C=O) groups excluding carboxylic acids is 1. The van der Waals surface area contributed by atoms with Crippen LogP contribution in [0.25, 0.3) is 10.8 Å². The van der Waals surface area contributed by atoms with Crippen molar-refractivity contribution in [3.8, 4) is 11.5 Å². The lowest BCUT2D eigenvalue weighted by atomic mass is 9.53. The first-order valence-corrected chi connectivity index (χ1v) is 10.1. The molecule has 1 N–H and O–H groups in total. The summed E-state index contributed by atoms with van der Waals surface area (Å²) in [6, 6.07) is 11.9. The van der Waals surface area contributed by atoms with Crippen molar-refractivity contribution in [3.05, 3.63) is 36.4 Å². The summed E-state index contributed by atoms with van der Waals surface area (Å²) in [5.41, 5.74) is 0.0476. The molecule has 4 bridgehead atoms. The van der Waals surface area contributed by atoms with Gasteiger partial charge in [-0.1, -0.05) is 12.1 Å². The van der Waals surface area contributed by atoms with Crippen LogP contribution in [0.5, 0.6) is 11.5 Å². The quantitative estimate of drug-likeness (QED) is 0.859. The summed E-state index contributed by atoms with van der Waals surface area (Å²) in [5.74, 6) is 4.03. The molecular formula is C23H27NO3. The number of hydrogen-bond acceptors (Lipinski definition) is 3. The summed E-state index contributed by atoms with van der Waals surface area (Å²) in [6.45, 7) is 0.0806. The van der Waals surface area contributed by atoms with Crippen molar-refractivity contribution >= 4 is 16.7 Å². The molecule has 0 heterocycles. The van der Waals surface area contributed by atoms with Gasteiger partial charge in [-0.05, 0) is 91.3 Å². The molecule has 4 heteroatoms. The lowest BCUT2D eigenvalue weighted by molar-refractivity contribution is -0.128. The zero-order chi connectivity index (χ0) is 18.4. The van der Waals surface area contributed by atoms with Gasteiger partial charge in [0.05, 0.1) is 7.11 Å². The van der Waals surface area contributed by atoms with Crippen molar-refractivity contribution in [1.82, 2.24) is 5.32 Å². The predicted molar refractivity (Wildman–Crippen MR) is 105 cm³/mol. The second kappa shape index (κ2) is 6.43. The zero-order valence-electron chi connectivity index (χ0n) is 15.9.